The average Bonchev–Trinajstić information content (AvgIpc) is 2.77. The van der Waals surface area contributed by atoms with Gasteiger partial charge in [-0.1, -0.05) is 12.1 Å². The maximum Gasteiger partial charge on any atom is 0.155 e. The van der Waals surface area contributed by atoms with Gasteiger partial charge in [-0.3, -0.25) is 0 Å². The predicted molar refractivity (Wildman–Crippen MR) is 65.3 cm³/mol. The minimum absolute atomic E-state index is 0.241. The normalized spacial score (nSPS) is 10.8. The quantitative estimate of drug-likeness (QED) is 0.779. The molecule has 0 aliphatic heterocycles. The summed E-state index contributed by atoms with van der Waals surface area (Å²) >= 11 is 0. The molecule has 6 heteroatoms. The molecule has 0 radical (unpaired) electrons. The van der Waals surface area contributed by atoms with Gasteiger partial charge in [0.05, 0.1) is 0 Å². The minimum atomic E-state index is -0.241. The lowest BCUT2D eigenvalue weighted by molar-refractivity contribution is 0.529. The number of nitrogens with two attached hydrogens (primary N) is 1. The Morgan fingerprint density at radius 2 is 2.17 bits per heavy atom. The van der Waals surface area contributed by atoms with Crippen LogP contribution in [0.15, 0.2) is 24.3 Å². The summed E-state index contributed by atoms with van der Waals surface area (Å²) in [7, 11) is 0. The fourth-order valence-electron chi connectivity index (χ4n) is 1.76. The molecular formula is C12H16FN5. The monoisotopic (exact) mass is 249 g/mol. The summed E-state index contributed by atoms with van der Waals surface area (Å²) in [4.78, 5) is 0. The third kappa shape index (κ3) is 3.33. The maximum atomic E-state index is 13.1. The van der Waals surface area contributed by atoms with E-state index in [4.69, 9.17) is 5.73 Å². The van der Waals surface area contributed by atoms with Crippen LogP contribution >= 0.6 is 0 Å². The summed E-state index contributed by atoms with van der Waals surface area (Å²) in [6.07, 6.45) is 2.42. The number of unbranched alkanes of at least 4 members (excludes halogenated alkanes) is 1. The van der Waals surface area contributed by atoms with Gasteiger partial charge in [0.2, 0.25) is 0 Å². The van der Waals surface area contributed by atoms with Gasteiger partial charge in [-0.15, -0.1) is 5.10 Å². The van der Waals surface area contributed by atoms with Crippen molar-refractivity contribution in [2.45, 2.75) is 25.8 Å². The van der Waals surface area contributed by atoms with E-state index < -0.39 is 0 Å². The number of aryl methyl sites for hydroxylation is 1. The summed E-state index contributed by atoms with van der Waals surface area (Å²) in [5, 5.41) is 11.6. The number of tetrazole rings is 1. The van der Waals surface area contributed by atoms with E-state index >= 15 is 0 Å². The average molecular weight is 249 g/mol. The van der Waals surface area contributed by atoms with Gasteiger partial charge in [0.1, 0.15) is 5.82 Å². The summed E-state index contributed by atoms with van der Waals surface area (Å²) < 4.78 is 14.8. The molecule has 0 atom stereocenters. The highest BCUT2D eigenvalue weighted by Gasteiger charge is 2.07. The molecule has 5 nitrogen and oxygen atoms in total. The van der Waals surface area contributed by atoms with Gasteiger partial charge in [0.15, 0.2) is 5.82 Å². The van der Waals surface area contributed by atoms with E-state index in [0.29, 0.717) is 13.0 Å². The van der Waals surface area contributed by atoms with Crippen LogP contribution in [0.25, 0.3) is 0 Å². The molecule has 0 aliphatic rings. The molecule has 1 aromatic heterocycles. The van der Waals surface area contributed by atoms with E-state index in [1.54, 1.807) is 10.7 Å². The Morgan fingerprint density at radius 1 is 1.28 bits per heavy atom. The maximum absolute atomic E-state index is 13.1. The number of benzene rings is 1. The Labute approximate surface area is 105 Å². The van der Waals surface area contributed by atoms with Gasteiger partial charge in [0.25, 0.3) is 0 Å². The van der Waals surface area contributed by atoms with Crippen LogP contribution in [0.2, 0.25) is 0 Å². The van der Waals surface area contributed by atoms with Crippen LogP contribution < -0.4 is 5.73 Å². The first-order valence-corrected chi connectivity index (χ1v) is 5.99. The van der Waals surface area contributed by atoms with E-state index in [2.05, 4.69) is 15.5 Å². The number of hydrogen-bond acceptors (Lipinski definition) is 4. The van der Waals surface area contributed by atoms with Crippen molar-refractivity contribution in [2.24, 2.45) is 5.73 Å². The van der Waals surface area contributed by atoms with Crippen LogP contribution in [-0.2, 0) is 13.0 Å². The Kier molecular flexibility index (Phi) is 4.35. The van der Waals surface area contributed by atoms with Gasteiger partial charge in [0, 0.05) is 13.0 Å². The van der Waals surface area contributed by atoms with Gasteiger partial charge in [-0.05, 0) is 47.5 Å². The lowest BCUT2D eigenvalue weighted by atomic mass is 10.1. The molecule has 0 saturated carbocycles. The van der Waals surface area contributed by atoms with E-state index in [0.717, 1.165) is 30.8 Å². The van der Waals surface area contributed by atoms with E-state index in [1.165, 1.54) is 12.1 Å². The fourth-order valence-corrected chi connectivity index (χ4v) is 1.76. The molecule has 2 aromatic rings. The first-order valence-electron chi connectivity index (χ1n) is 5.99. The van der Waals surface area contributed by atoms with Crippen LogP contribution in [0.1, 0.15) is 24.2 Å². The molecule has 0 unspecified atom stereocenters. The van der Waals surface area contributed by atoms with Crippen LogP contribution in [0, 0.1) is 5.82 Å². The SMILES string of the molecule is NCCCCn1nnnc1Cc1cccc(F)c1. The molecule has 18 heavy (non-hydrogen) atoms. The van der Waals surface area contributed by atoms with Gasteiger partial charge in [-0.2, -0.15) is 0 Å². The van der Waals surface area contributed by atoms with Crippen molar-refractivity contribution in [3.63, 3.8) is 0 Å². The van der Waals surface area contributed by atoms with Gasteiger partial charge < -0.3 is 5.73 Å². The molecule has 1 aromatic carbocycles. The fraction of sp³-hybridized carbons (Fsp3) is 0.417. The molecule has 2 rings (SSSR count). The lowest BCUT2D eigenvalue weighted by Crippen LogP contribution is -2.08. The van der Waals surface area contributed by atoms with Crippen LogP contribution in [0.4, 0.5) is 4.39 Å². The van der Waals surface area contributed by atoms with E-state index in [1.807, 2.05) is 6.07 Å². The van der Waals surface area contributed by atoms with E-state index in [-0.39, 0.29) is 5.82 Å². The van der Waals surface area contributed by atoms with Crippen molar-refractivity contribution in [3.8, 4) is 0 Å². The van der Waals surface area contributed by atoms with Crippen molar-refractivity contribution in [3.05, 3.63) is 41.5 Å². The van der Waals surface area contributed by atoms with E-state index in [9.17, 15) is 4.39 Å². The highest BCUT2D eigenvalue weighted by molar-refractivity contribution is 5.19. The second-order valence-electron chi connectivity index (χ2n) is 4.12. The Bertz CT molecular complexity index is 497. The van der Waals surface area contributed by atoms with Crippen LogP contribution in [0.3, 0.4) is 0 Å². The summed E-state index contributed by atoms with van der Waals surface area (Å²) in [6, 6.07) is 6.47. The number of nitrogens with zero attached hydrogens (tertiary/aromatic N) is 4. The molecule has 0 saturated heterocycles. The first-order chi connectivity index (χ1) is 8.79. The first kappa shape index (κ1) is 12.6. The minimum Gasteiger partial charge on any atom is -0.330 e. The smallest absolute Gasteiger partial charge is 0.155 e. The number of rotatable bonds is 6. The second kappa shape index (κ2) is 6.20. The number of halogens is 1. The lowest BCUT2D eigenvalue weighted by Gasteiger charge is -2.04. The number of hydrogen-bond donors (Lipinski definition) is 1. The molecule has 96 valence electrons. The number of aromatic nitrogens is 4. The molecular weight excluding hydrogens is 233 g/mol. The third-order valence-electron chi connectivity index (χ3n) is 2.68. The van der Waals surface area contributed by atoms with Crippen LogP contribution in [-0.4, -0.2) is 26.8 Å². The van der Waals surface area contributed by atoms with Gasteiger partial charge in [-0.25, -0.2) is 9.07 Å². The molecule has 0 amide bonds. The zero-order valence-electron chi connectivity index (χ0n) is 10.1. The Balaban J connectivity index is 2.03. The molecule has 1 heterocycles. The summed E-state index contributed by atoms with van der Waals surface area (Å²) in [6.45, 7) is 1.41. The summed E-state index contributed by atoms with van der Waals surface area (Å²) in [5.41, 5.74) is 6.31. The van der Waals surface area contributed by atoms with Crippen LogP contribution in [0.5, 0.6) is 0 Å². The molecule has 0 spiro atoms. The van der Waals surface area contributed by atoms with Crippen molar-refractivity contribution >= 4 is 0 Å². The zero-order chi connectivity index (χ0) is 12.8. The standard InChI is InChI=1S/C12H16FN5/c13-11-5-3-4-10(8-11)9-12-15-16-17-18(12)7-2-1-6-14/h3-5,8H,1-2,6-7,9,14H2. The largest absolute Gasteiger partial charge is 0.330 e. The third-order valence-corrected chi connectivity index (χ3v) is 2.68. The molecule has 0 fully saturated rings. The van der Waals surface area contributed by atoms with Crippen molar-refractivity contribution in [1.29, 1.82) is 0 Å². The predicted octanol–water partition coefficient (Wildman–Crippen LogP) is 1.14. The Hall–Kier alpha value is -1.82. The molecule has 0 aliphatic carbocycles. The molecule has 0 bridgehead atoms. The van der Waals surface area contributed by atoms with Crippen molar-refractivity contribution < 1.29 is 4.39 Å². The van der Waals surface area contributed by atoms with Crippen molar-refractivity contribution in [2.75, 3.05) is 6.54 Å². The summed E-state index contributed by atoms with van der Waals surface area (Å²) in [5.74, 6) is 0.507. The van der Waals surface area contributed by atoms with Gasteiger partial charge >= 0.3 is 0 Å². The molecule has 2 N–H and O–H groups in total. The second-order valence-corrected chi connectivity index (χ2v) is 4.12. The topological polar surface area (TPSA) is 69.6 Å². The Morgan fingerprint density at radius 3 is 2.94 bits per heavy atom. The highest BCUT2D eigenvalue weighted by atomic mass is 19.1. The van der Waals surface area contributed by atoms with Crippen molar-refractivity contribution in [1.82, 2.24) is 20.2 Å². The zero-order valence-corrected chi connectivity index (χ0v) is 10.1. The highest BCUT2D eigenvalue weighted by Crippen LogP contribution is 2.08.